The van der Waals surface area contributed by atoms with Crippen molar-refractivity contribution < 1.29 is 26.4 Å². The van der Waals surface area contributed by atoms with Crippen molar-refractivity contribution in [2.45, 2.75) is 18.8 Å². The van der Waals surface area contributed by atoms with E-state index in [1.165, 1.54) is 42.7 Å². The fourth-order valence-electron chi connectivity index (χ4n) is 5.38. The van der Waals surface area contributed by atoms with E-state index in [1.54, 1.807) is 18.3 Å². The lowest BCUT2D eigenvalue weighted by molar-refractivity contribution is 0.0964. The molecule has 0 spiro atoms. The first kappa shape index (κ1) is 26.8. The number of carbonyl (C=O) groups excluding carboxylic acids is 1. The van der Waals surface area contributed by atoms with Gasteiger partial charge in [0.05, 0.1) is 17.5 Å². The maximum absolute atomic E-state index is 13.7. The molecule has 3 aromatic heterocycles. The second kappa shape index (κ2) is 10.2. The summed E-state index contributed by atoms with van der Waals surface area (Å²) in [5.74, 6) is -0.629. The van der Waals surface area contributed by atoms with Crippen LogP contribution >= 0.6 is 0 Å². The number of carbonyl (C=O) groups is 1. The zero-order chi connectivity index (χ0) is 28.9. The van der Waals surface area contributed by atoms with Crippen LogP contribution in [0.15, 0.2) is 63.6 Å². The number of halogens is 1. The number of amides is 1. The molecule has 2 aromatic carbocycles. The highest BCUT2D eigenvalue weighted by molar-refractivity contribution is 7.92. The molecule has 0 radical (unpaired) electrons. The predicted molar refractivity (Wildman–Crippen MR) is 154 cm³/mol. The summed E-state index contributed by atoms with van der Waals surface area (Å²) in [6.07, 6.45) is 4.39. The number of pyridine rings is 1. The van der Waals surface area contributed by atoms with E-state index in [2.05, 4.69) is 15.3 Å². The zero-order valence-electron chi connectivity index (χ0n) is 22.7. The summed E-state index contributed by atoms with van der Waals surface area (Å²) in [6, 6.07) is 13.2. The van der Waals surface area contributed by atoms with Crippen molar-refractivity contribution >= 4 is 49.8 Å². The number of sulfonamides is 1. The average molecular weight is 578 g/mol. The van der Waals surface area contributed by atoms with Crippen molar-refractivity contribution in [1.82, 2.24) is 15.3 Å². The van der Waals surface area contributed by atoms with Gasteiger partial charge in [0.25, 0.3) is 11.9 Å². The number of benzene rings is 2. The standard InChI is InChI=1S/C29H28FN5O5S/c1-31-28(36)25-21-14-20(18-6-5-13-35(16-18)29-33-27-23(40-29)7-4-12-32-27)22(34(2)41(3,37)38)15-24(21)39-26(25)17-8-10-19(30)11-9-17/h4,7-12,14-15,18H,5-6,13,16H2,1-3H3,(H,31,36)/t18-/m0/s1. The minimum atomic E-state index is -3.63. The van der Waals surface area contributed by atoms with E-state index in [0.717, 1.165) is 24.7 Å². The lowest BCUT2D eigenvalue weighted by Crippen LogP contribution is -2.35. The second-order valence-electron chi connectivity index (χ2n) is 10.1. The van der Waals surface area contributed by atoms with Gasteiger partial charge in [-0.1, -0.05) is 0 Å². The van der Waals surface area contributed by atoms with Gasteiger partial charge in [-0.2, -0.15) is 4.98 Å². The maximum atomic E-state index is 13.7. The second-order valence-corrected chi connectivity index (χ2v) is 12.2. The zero-order valence-corrected chi connectivity index (χ0v) is 23.5. The Morgan fingerprint density at radius 3 is 2.63 bits per heavy atom. The molecule has 212 valence electrons. The van der Waals surface area contributed by atoms with Gasteiger partial charge in [0.2, 0.25) is 15.7 Å². The molecule has 0 unspecified atom stereocenters. The van der Waals surface area contributed by atoms with E-state index in [1.807, 2.05) is 17.0 Å². The molecule has 1 atom stereocenters. The minimum Gasteiger partial charge on any atom is -0.455 e. The van der Waals surface area contributed by atoms with Crippen LogP contribution in [-0.4, -0.2) is 57.7 Å². The average Bonchev–Trinajstić information content (AvgIpc) is 3.57. The highest BCUT2D eigenvalue weighted by Crippen LogP contribution is 2.42. The van der Waals surface area contributed by atoms with Gasteiger partial charge in [-0.05, 0) is 60.9 Å². The van der Waals surface area contributed by atoms with Gasteiger partial charge in [-0.3, -0.25) is 9.10 Å². The Balaban J connectivity index is 1.50. The number of aromatic nitrogens is 2. The van der Waals surface area contributed by atoms with Gasteiger partial charge in [-0.15, -0.1) is 0 Å². The summed E-state index contributed by atoms with van der Waals surface area (Å²) >= 11 is 0. The summed E-state index contributed by atoms with van der Waals surface area (Å²) in [5.41, 5.74) is 3.47. The molecule has 0 aliphatic carbocycles. The van der Waals surface area contributed by atoms with E-state index in [9.17, 15) is 17.6 Å². The molecule has 0 bridgehead atoms. The Hall–Kier alpha value is -4.45. The van der Waals surface area contributed by atoms with Gasteiger partial charge in [0.15, 0.2) is 5.58 Å². The first-order valence-electron chi connectivity index (χ1n) is 13.1. The van der Waals surface area contributed by atoms with Gasteiger partial charge >= 0.3 is 0 Å². The third-order valence-corrected chi connectivity index (χ3v) is 8.71. The number of nitrogens with zero attached hydrogens (tertiary/aromatic N) is 4. The Morgan fingerprint density at radius 2 is 1.93 bits per heavy atom. The minimum absolute atomic E-state index is 0.114. The number of rotatable bonds is 6. The lowest BCUT2D eigenvalue weighted by atomic mass is 9.88. The van der Waals surface area contributed by atoms with Crippen LogP contribution in [0.4, 0.5) is 16.1 Å². The number of furan rings is 1. The topological polar surface area (TPSA) is 122 Å². The van der Waals surface area contributed by atoms with E-state index in [4.69, 9.17) is 8.83 Å². The van der Waals surface area contributed by atoms with Gasteiger partial charge in [0, 0.05) is 56.3 Å². The Kier molecular flexibility index (Phi) is 6.65. The number of hydrogen-bond acceptors (Lipinski definition) is 8. The first-order chi connectivity index (χ1) is 19.6. The molecule has 1 saturated heterocycles. The summed E-state index contributed by atoms with van der Waals surface area (Å²) < 4.78 is 52.5. The Bertz CT molecular complexity index is 1850. The maximum Gasteiger partial charge on any atom is 0.299 e. The van der Waals surface area contributed by atoms with Gasteiger partial charge in [0.1, 0.15) is 17.2 Å². The van der Waals surface area contributed by atoms with Crippen molar-refractivity contribution in [3.8, 4) is 11.3 Å². The van der Waals surface area contributed by atoms with Crippen molar-refractivity contribution in [1.29, 1.82) is 0 Å². The van der Waals surface area contributed by atoms with Crippen LogP contribution in [0.3, 0.4) is 0 Å². The third kappa shape index (κ3) is 4.88. The molecule has 0 saturated carbocycles. The number of anilines is 2. The lowest BCUT2D eigenvalue weighted by Gasteiger charge is -2.34. The molecule has 1 N–H and O–H groups in total. The monoisotopic (exact) mass is 577 g/mol. The molecular weight excluding hydrogens is 549 g/mol. The number of piperidine rings is 1. The normalized spacial score (nSPS) is 15.9. The number of hydrogen-bond donors (Lipinski definition) is 1. The van der Waals surface area contributed by atoms with Crippen LogP contribution in [0.2, 0.25) is 0 Å². The molecule has 1 aliphatic rings. The summed E-state index contributed by atoms with van der Waals surface area (Å²) in [7, 11) is -0.611. The highest BCUT2D eigenvalue weighted by Gasteiger charge is 2.31. The number of oxazole rings is 1. The van der Waals surface area contributed by atoms with E-state index in [0.29, 0.717) is 58.1 Å². The van der Waals surface area contributed by atoms with Crippen molar-refractivity contribution in [3.63, 3.8) is 0 Å². The van der Waals surface area contributed by atoms with Crippen molar-refractivity contribution in [3.05, 3.63) is 71.7 Å². The quantitative estimate of drug-likeness (QED) is 0.302. The van der Waals surface area contributed by atoms with Crippen LogP contribution in [0.5, 0.6) is 0 Å². The Labute approximate surface area is 235 Å². The van der Waals surface area contributed by atoms with Crippen LogP contribution in [0.25, 0.3) is 33.5 Å². The summed E-state index contributed by atoms with van der Waals surface area (Å²) in [6.45, 7) is 1.23. The largest absolute Gasteiger partial charge is 0.455 e. The molecule has 6 rings (SSSR count). The highest BCUT2D eigenvalue weighted by atomic mass is 32.2. The smallest absolute Gasteiger partial charge is 0.299 e. The molecule has 10 nitrogen and oxygen atoms in total. The van der Waals surface area contributed by atoms with Crippen LogP contribution in [-0.2, 0) is 10.0 Å². The fraction of sp³-hybridized carbons (Fsp3) is 0.276. The molecular formula is C29H28FN5O5S. The van der Waals surface area contributed by atoms with E-state index < -0.39 is 15.8 Å². The summed E-state index contributed by atoms with van der Waals surface area (Å²) in [4.78, 5) is 24.0. The van der Waals surface area contributed by atoms with Crippen LogP contribution < -0.4 is 14.5 Å². The number of fused-ring (bicyclic) bond motifs is 2. The summed E-state index contributed by atoms with van der Waals surface area (Å²) in [5, 5.41) is 3.20. The SMILES string of the molecule is CNC(=O)c1c(-c2ccc(F)cc2)oc2cc(N(C)S(C)(=O)=O)c([C@H]3CCCN(c4nc5ncccc5o4)C3)cc12. The first-order valence-corrected chi connectivity index (χ1v) is 15.0. The van der Waals surface area contributed by atoms with E-state index >= 15 is 0 Å². The van der Waals surface area contributed by atoms with Crippen molar-refractivity contribution in [2.75, 3.05) is 42.6 Å². The Morgan fingerprint density at radius 1 is 1.15 bits per heavy atom. The molecule has 1 fully saturated rings. The third-order valence-electron chi connectivity index (χ3n) is 7.52. The number of nitrogens with one attached hydrogen (secondary N) is 1. The molecule has 5 aromatic rings. The van der Waals surface area contributed by atoms with Crippen molar-refractivity contribution in [2.24, 2.45) is 0 Å². The molecule has 4 heterocycles. The fourth-order valence-corrected chi connectivity index (χ4v) is 5.90. The molecule has 41 heavy (non-hydrogen) atoms. The molecule has 12 heteroatoms. The van der Waals surface area contributed by atoms with E-state index in [-0.39, 0.29) is 17.6 Å². The van der Waals surface area contributed by atoms with Gasteiger partial charge < -0.3 is 19.1 Å². The van der Waals surface area contributed by atoms with Gasteiger partial charge in [-0.25, -0.2) is 17.8 Å². The predicted octanol–water partition coefficient (Wildman–Crippen LogP) is 4.91. The van der Waals surface area contributed by atoms with Crippen LogP contribution in [0, 0.1) is 5.82 Å². The molecule has 1 amide bonds. The van der Waals surface area contributed by atoms with Crippen LogP contribution in [0.1, 0.15) is 34.7 Å². The molecule has 1 aliphatic heterocycles.